The molecule has 1 amide bonds. The van der Waals surface area contributed by atoms with E-state index < -0.39 is 0 Å². The van der Waals surface area contributed by atoms with Crippen molar-refractivity contribution >= 4 is 57.5 Å². The zero-order chi connectivity index (χ0) is 29.7. The van der Waals surface area contributed by atoms with Crippen LogP contribution in [0.4, 0.5) is 5.69 Å². The van der Waals surface area contributed by atoms with Crippen LogP contribution < -0.4 is 35.5 Å². The number of amides is 1. The van der Waals surface area contributed by atoms with Gasteiger partial charge in [0.1, 0.15) is 11.6 Å². The molecule has 0 radical (unpaired) electrons. The molecule has 0 atom stereocenters. The van der Waals surface area contributed by atoms with E-state index in [-0.39, 0.29) is 28.3 Å². The number of hydrogen-bond donors (Lipinski definition) is 1. The van der Waals surface area contributed by atoms with Crippen molar-refractivity contribution in [3.05, 3.63) is 68.6 Å². The molecule has 0 saturated heterocycles. The summed E-state index contributed by atoms with van der Waals surface area (Å²) in [5.41, 5.74) is 1.31. The molecule has 1 N–H and O–H groups in total. The molecule has 0 aliphatic heterocycles. The average Bonchev–Trinajstić information content (AvgIpc) is 3.31. The van der Waals surface area contributed by atoms with E-state index >= 15 is 0 Å². The van der Waals surface area contributed by atoms with Gasteiger partial charge in [-0.05, 0) is 30.7 Å². The quantitative estimate of drug-likeness (QED) is 0.189. The second-order valence-corrected chi connectivity index (χ2v) is 9.42. The summed E-state index contributed by atoms with van der Waals surface area (Å²) in [6, 6.07) is 10.4. The molecule has 12 nitrogen and oxygen atoms in total. The number of carbonyl (C=O) groups is 1. The standard InChI is InChI=1S/C28H30IN5O7/c1-6-33-26-24(27(36)34(16-29)28(33)37)32(2)22(31-26)12-9-17-7-10-19(11-8-17)41-15-23(35)30-18-13-20(38-3)25(40-5)21(14-18)39-4/h7-14H,6,15-16H2,1-5H3,(H,30,35)/b12-9+. The van der Waals surface area contributed by atoms with Crippen molar-refractivity contribution in [1.29, 1.82) is 0 Å². The van der Waals surface area contributed by atoms with Crippen molar-refractivity contribution < 1.29 is 23.7 Å². The lowest BCUT2D eigenvalue weighted by Crippen LogP contribution is -2.39. The van der Waals surface area contributed by atoms with Gasteiger partial charge in [-0.25, -0.2) is 14.3 Å². The fourth-order valence-corrected chi connectivity index (χ4v) is 4.87. The minimum Gasteiger partial charge on any atom is -0.493 e. The van der Waals surface area contributed by atoms with E-state index in [1.165, 1.54) is 30.5 Å². The number of rotatable bonds is 11. The van der Waals surface area contributed by atoms with Gasteiger partial charge in [0.25, 0.3) is 11.5 Å². The fourth-order valence-electron chi connectivity index (χ4n) is 4.26. The molecule has 0 aliphatic rings. The summed E-state index contributed by atoms with van der Waals surface area (Å²) in [6.45, 7) is 2.03. The molecule has 2 heterocycles. The van der Waals surface area contributed by atoms with Gasteiger partial charge in [-0.2, -0.15) is 0 Å². The predicted molar refractivity (Wildman–Crippen MR) is 165 cm³/mol. The predicted octanol–water partition coefficient (Wildman–Crippen LogP) is 3.52. The van der Waals surface area contributed by atoms with Gasteiger partial charge in [-0.3, -0.25) is 14.2 Å². The van der Waals surface area contributed by atoms with Crippen molar-refractivity contribution in [1.82, 2.24) is 18.7 Å². The van der Waals surface area contributed by atoms with Crippen LogP contribution in [0.25, 0.3) is 23.3 Å². The molecule has 4 rings (SSSR count). The number of aryl methyl sites for hydroxylation is 2. The number of imidazole rings is 1. The van der Waals surface area contributed by atoms with Crippen molar-refractivity contribution in [2.24, 2.45) is 7.05 Å². The molecule has 0 spiro atoms. The molecule has 0 aliphatic carbocycles. The van der Waals surface area contributed by atoms with Crippen LogP contribution >= 0.6 is 22.6 Å². The number of alkyl halides is 1. The molecular formula is C28H30IN5O7. The second-order valence-electron chi connectivity index (χ2n) is 8.73. The van der Waals surface area contributed by atoms with Gasteiger partial charge >= 0.3 is 5.69 Å². The highest BCUT2D eigenvalue weighted by Crippen LogP contribution is 2.39. The van der Waals surface area contributed by atoms with Crippen LogP contribution in [0.5, 0.6) is 23.0 Å². The Labute approximate surface area is 249 Å². The molecular weight excluding hydrogens is 645 g/mol. The summed E-state index contributed by atoms with van der Waals surface area (Å²) in [6.07, 6.45) is 3.62. The third-order valence-corrected chi connectivity index (χ3v) is 7.02. The van der Waals surface area contributed by atoms with E-state index in [1.54, 1.807) is 42.0 Å². The van der Waals surface area contributed by atoms with Gasteiger partial charge in [-0.1, -0.05) is 40.8 Å². The molecule has 13 heteroatoms. The van der Waals surface area contributed by atoms with E-state index in [4.69, 9.17) is 18.9 Å². The molecule has 0 bridgehead atoms. The Morgan fingerprint density at radius 3 is 2.22 bits per heavy atom. The molecule has 0 unspecified atom stereocenters. The Hall–Kier alpha value is -4.27. The Morgan fingerprint density at radius 2 is 1.66 bits per heavy atom. The minimum atomic E-state index is -0.374. The van der Waals surface area contributed by atoms with Gasteiger partial charge in [0.05, 0.1) is 25.9 Å². The molecule has 4 aromatic rings. The summed E-state index contributed by atoms with van der Waals surface area (Å²) >= 11 is 2.00. The molecule has 0 saturated carbocycles. The number of halogens is 1. The number of methoxy groups -OCH3 is 3. The van der Waals surface area contributed by atoms with E-state index in [0.29, 0.717) is 52.2 Å². The molecule has 41 heavy (non-hydrogen) atoms. The van der Waals surface area contributed by atoms with E-state index in [9.17, 15) is 14.4 Å². The van der Waals surface area contributed by atoms with E-state index in [0.717, 1.165) is 5.56 Å². The summed E-state index contributed by atoms with van der Waals surface area (Å²) in [5, 5.41) is 2.76. The molecule has 216 valence electrons. The highest BCUT2D eigenvalue weighted by molar-refractivity contribution is 14.1. The minimum absolute atomic E-state index is 0.209. The monoisotopic (exact) mass is 675 g/mol. The van der Waals surface area contributed by atoms with Crippen molar-refractivity contribution in [2.75, 3.05) is 33.3 Å². The number of nitrogens with zero attached hydrogens (tertiary/aromatic N) is 4. The maximum absolute atomic E-state index is 12.9. The van der Waals surface area contributed by atoms with Crippen LogP contribution in [0.2, 0.25) is 0 Å². The second kappa shape index (κ2) is 12.9. The Bertz CT molecular complexity index is 1700. The average molecular weight is 675 g/mol. The first-order valence-electron chi connectivity index (χ1n) is 12.5. The zero-order valence-corrected chi connectivity index (χ0v) is 25.4. The van der Waals surface area contributed by atoms with Crippen LogP contribution in [0.1, 0.15) is 18.3 Å². The zero-order valence-electron chi connectivity index (χ0n) is 23.3. The number of hydrogen-bond acceptors (Lipinski definition) is 8. The highest BCUT2D eigenvalue weighted by Gasteiger charge is 2.18. The van der Waals surface area contributed by atoms with E-state index in [1.807, 2.05) is 47.7 Å². The number of ether oxygens (including phenoxy) is 4. The smallest absolute Gasteiger partial charge is 0.333 e. The van der Waals surface area contributed by atoms with Gasteiger partial charge in [0.15, 0.2) is 29.3 Å². The summed E-state index contributed by atoms with van der Waals surface area (Å²) < 4.78 is 26.2. The van der Waals surface area contributed by atoms with Gasteiger partial charge in [-0.15, -0.1) is 0 Å². The van der Waals surface area contributed by atoms with Gasteiger partial charge in [0.2, 0.25) is 5.75 Å². The van der Waals surface area contributed by atoms with Crippen LogP contribution in [0.15, 0.2) is 46.0 Å². The number of carbonyl (C=O) groups excluding carboxylic acids is 1. The first kappa shape index (κ1) is 29.7. The van der Waals surface area contributed by atoms with Crippen LogP contribution in [0, 0.1) is 0 Å². The van der Waals surface area contributed by atoms with Crippen LogP contribution in [-0.2, 0) is 22.9 Å². The lowest BCUT2D eigenvalue weighted by Gasteiger charge is -2.14. The summed E-state index contributed by atoms with van der Waals surface area (Å²) in [7, 11) is 6.25. The molecule has 0 fully saturated rings. The summed E-state index contributed by atoms with van der Waals surface area (Å²) in [4.78, 5) is 42.6. The van der Waals surface area contributed by atoms with Crippen molar-refractivity contribution in [3.8, 4) is 23.0 Å². The first-order valence-corrected chi connectivity index (χ1v) is 14.1. The van der Waals surface area contributed by atoms with Crippen molar-refractivity contribution in [3.63, 3.8) is 0 Å². The number of nitrogens with one attached hydrogen (secondary N) is 1. The molecule has 2 aromatic heterocycles. The lowest BCUT2D eigenvalue weighted by atomic mass is 10.2. The Morgan fingerprint density at radius 1 is 1.00 bits per heavy atom. The van der Waals surface area contributed by atoms with Gasteiger partial charge in [0, 0.05) is 31.4 Å². The third-order valence-electron chi connectivity index (χ3n) is 6.34. The Balaban J connectivity index is 1.44. The third kappa shape index (κ3) is 6.09. The lowest BCUT2D eigenvalue weighted by molar-refractivity contribution is -0.118. The highest BCUT2D eigenvalue weighted by atomic mass is 127. The topological polar surface area (TPSA) is 128 Å². The fraction of sp³-hybridized carbons (Fsp3) is 0.286. The number of fused-ring (bicyclic) bond motifs is 1. The van der Waals surface area contributed by atoms with Crippen LogP contribution in [0.3, 0.4) is 0 Å². The van der Waals surface area contributed by atoms with Gasteiger partial charge < -0.3 is 28.8 Å². The number of anilines is 1. The Kier molecular flexibility index (Phi) is 9.37. The van der Waals surface area contributed by atoms with E-state index in [2.05, 4.69) is 10.3 Å². The summed E-state index contributed by atoms with van der Waals surface area (Å²) in [5.74, 6) is 1.95. The largest absolute Gasteiger partial charge is 0.493 e. The molecule has 2 aromatic carbocycles. The van der Waals surface area contributed by atoms with Crippen LogP contribution in [-0.4, -0.2) is 52.5 Å². The first-order chi connectivity index (χ1) is 19.8. The number of aromatic nitrogens is 4. The normalized spacial score (nSPS) is 11.2. The van der Waals surface area contributed by atoms with Crippen molar-refractivity contribution in [2.45, 2.75) is 18.0 Å². The SMILES string of the molecule is CCn1c(=O)n(CI)c(=O)c2c1nc(/C=C/c1ccc(OCC(=O)Nc3cc(OC)c(OC)c(OC)c3)cc1)n2C. The number of benzene rings is 2. The maximum atomic E-state index is 12.9. The maximum Gasteiger partial charge on any atom is 0.333 e.